The summed E-state index contributed by atoms with van der Waals surface area (Å²) in [6.07, 6.45) is -4.18. The first kappa shape index (κ1) is 29.0. The molecule has 0 saturated heterocycles. The zero-order valence-electron chi connectivity index (χ0n) is 19.6. The second-order valence-corrected chi connectivity index (χ2v) is 10.1. The van der Waals surface area contributed by atoms with Gasteiger partial charge in [-0.3, -0.25) is 4.18 Å². The molecule has 0 bridgehead atoms. The highest BCUT2D eigenvalue weighted by molar-refractivity contribution is 7.80. The molecule has 1 aromatic heterocycles. The molecule has 0 saturated carbocycles. The van der Waals surface area contributed by atoms with Gasteiger partial charge in [0.1, 0.15) is 5.75 Å². The second kappa shape index (κ2) is 14.4. The summed E-state index contributed by atoms with van der Waals surface area (Å²) >= 11 is -2.01. The summed E-state index contributed by atoms with van der Waals surface area (Å²) in [5.41, 5.74) is 3.28. The van der Waals surface area contributed by atoms with Gasteiger partial charge in [0, 0.05) is 24.3 Å². The number of methoxy groups -OCH3 is 1. The van der Waals surface area contributed by atoms with Gasteiger partial charge in [-0.05, 0) is 50.3 Å². The minimum Gasteiger partial charge on any atom is -0.495 e. The Morgan fingerprint density at radius 1 is 1.20 bits per heavy atom. The van der Waals surface area contributed by atoms with Crippen LogP contribution in [0.15, 0.2) is 30.3 Å². The lowest BCUT2D eigenvalue weighted by atomic mass is 10.1. The molecule has 0 spiro atoms. The van der Waals surface area contributed by atoms with Crippen molar-refractivity contribution >= 4 is 30.4 Å². The molecule has 0 radical (unpaired) electrons. The van der Waals surface area contributed by atoms with E-state index in [1.807, 2.05) is 19.7 Å². The maximum Gasteiger partial charge on any atom is 0.413 e. The first-order valence-corrected chi connectivity index (χ1v) is 13.6. The van der Waals surface area contributed by atoms with Crippen molar-refractivity contribution in [2.24, 2.45) is 0 Å². The van der Waals surface area contributed by atoms with Gasteiger partial charge in [0.2, 0.25) is 0 Å². The Morgan fingerprint density at radius 2 is 1.94 bits per heavy atom. The summed E-state index contributed by atoms with van der Waals surface area (Å²) in [5.74, 6) is 6.69. The van der Waals surface area contributed by atoms with E-state index in [1.165, 1.54) is 7.11 Å². The molecule has 0 aliphatic rings. The van der Waals surface area contributed by atoms with Crippen LogP contribution in [-0.4, -0.2) is 59.8 Å². The van der Waals surface area contributed by atoms with Crippen LogP contribution in [-0.2, 0) is 26.4 Å². The van der Waals surface area contributed by atoms with E-state index in [2.05, 4.69) is 26.3 Å². The third-order valence-electron chi connectivity index (χ3n) is 4.38. The average molecular weight is 533 g/mol. The molecule has 0 aliphatic heterocycles. The average Bonchev–Trinajstić information content (AvgIpc) is 2.83. The molecule has 35 heavy (non-hydrogen) atoms. The number of nitrogens with zero attached hydrogens (tertiary/aromatic N) is 1. The highest BCUT2D eigenvalue weighted by atomic mass is 32.2. The number of alkyl halides is 3. The molecule has 0 aliphatic carbocycles. The maximum absolute atomic E-state index is 12.1. The van der Waals surface area contributed by atoms with E-state index in [0.717, 1.165) is 5.44 Å². The van der Waals surface area contributed by atoms with Crippen LogP contribution in [0.2, 0.25) is 0 Å². The van der Waals surface area contributed by atoms with E-state index in [1.54, 1.807) is 24.3 Å². The first-order valence-electron chi connectivity index (χ1n) is 10.7. The Morgan fingerprint density at radius 3 is 2.60 bits per heavy atom. The number of pyridine rings is 1. The summed E-state index contributed by atoms with van der Waals surface area (Å²) in [6.45, 7) is 3.02. The van der Waals surface area contributed by atoms with Crippen molar-refractivity contribution in [2.75, 3.05) is 44.6 Å². The molecule has 1 heterocycles. The molecule has 0 fully saturated rings. The Balaban J connectivity index is 2.07. The summed E-state index contributed by atoms with van der Waals surface area (Å²) in [4.78, 5) is 4.41. The summed E-state index contributed by atoms with van der Waals surface area (Å²) in [6, 6.07) is 8.88. The van der Waals surface area contributed by atoms with Crippen LogP contribution in [0.3, 0.4) is 0 Å². The highest BCUT2D eigenvalue weighted by Gasteiger charge is 2.28. The first-order chi connectivity index (χ1) is 16.6. The van der Waals surface area contributed by atoms with Crippen molar-refractivity contribution in [2.45, 2.75) is 26.1 Å². The number of nitrogens with one attached hydrogen (secondary N) is 1. The van der Waals surface area contributed by atoms with Crippen LogP contribution in [0.4, 0.5) is 18.9 Å². The van der Waals surface area contributed by atoms with Gasteiger partial charge in [-0.2, -0.15) is 13.2 Å². The fraction of sp³-hybridized carbons (Fsp3) is 0.435. The number of aliphatic hydroxyl groups excluding tert-OH is 1. The monoisotopic (exact) mass is 532 g/mol. The van der Waals surface area contributed by atoms with Crippen LogP contribution in [0.25, 0.3) is 0 Å². The van der Waals surface area contributed by atoms with Crippen LogP contribution in [0, 0.1) is 11.8 Å². The molecular formula is C23H28F3N2O5PS. The number of aromatic nitrogens is 1. The number of halogens is 3. The number of aliphatic hydroxyl groups is 1. The molecule has 192 valence electrons. The Bertz CT molecular complexity index is 1060. The van der Waals surface area contributed by atoms with Crippen LogP contribution in [0.1, 0.15) is 30.2 Å². The normalized spacial score (nSPS) is 13.0. The van der Waals surface area contributed by atoms with Gasteiger partial charge in [-0.25, -0.2) is 9.19 Å². The number of ether oxygens (including phenoxy) is 1. The van der Waals surface area contributed by atoms with E-state index in [0.29, 0.717) is 47.8 Å². The number of anilines is 1. The minimum absolute atomic E-state index is 0.0375. The Hall–Kier alpha value is -2.22. The van der Waals surface area contributed by atoms with E-state index >= 15 is 0 Å². The fourth-order valence-corrected chi connectivity index (χ4v) is 4.69. The predicted molar refractivity (Wildman–Crippen MR) is 131 cm³/mol. The largest absolute Gasteiger partial charge is 0.495 e. The standard InChI is InChI=1S/C23H28F3N2O5PS/c1-4-32-34(3)22-14-18(12-19(15-29)28-22)7-6-17-8-9-21(31-2)20(13-17)27-10-5-11-35(30)33-16-23(24,25)26/h8-9,12-14,27,29H,4-5,10-11,15-16H2,1-3H3. The van der Waals surface area contributed by atoms with Gasteiger partial charge < -0.3 is 19.7 Å². The predicted octanol–water partition coefficient (Wildman–Crippen LogP) is 3.72. The van der Waals surface area contributed by atoms with Gasteiger partial charge in [0.25, 0.3) is 0 Å². The van der Waals surface area contributed by atoms with Gasteiger partial charge in [-0.15, -0.1) is 0 Å². The van der Waals surface area contributed by atoms with Gasteiger partial charge in [0.15, 0.2) is 17.7 Å². The molecule has 1 aromatic carbocycles. The van der Waals surface area contributed by atoms with Crippen molar-refractivity contribution in [3.8, 4) is 17.6 Å². The third kappa shape index (κ3) is 10.5. The lowest BCUT2D eigenvalue weighted by molar-refractivity contribution is -0.151. The molecular weight excluding hydrogens is 504 g/mol. The lowest BCUT2D eigenvalue weighted by Crippen LogP contribution is -2.19. The SMILES string of the molecule is CCOP(C)c1cc(C#Cc2ccc(OC)c(NCCCS(=O)OCC(F)(F)F)c2)cc(CO)n1. The molecule has 7 nitrogen and oxygen atoms in total. The second-order valence-electron chi connectivity index (χ2n) is 7.11. The molecule has 2 aromatic rings. The van der Waals surface area contributed by atoms with E-state index < -0.39 is 32.0 Å². The van der Waals surface area contributed by atoms with Gasteiger partial charge in [-0.1, -0.05) is 11.8 Å². The minimum atomic E-state index is -4.51. The van der Waals surface area contributed by atoms with Gasteiger partial charge >= 0.3 is 6.18 Å². The van der Waals surface area contributed by atoms with Crippen molar-refractivity contribution in [3.63, 3.8) is 0 Å². The van der Waals surface area contributed by atoms with E-state index in [4.69, 9.17) is 9.26 Å². The van der Waals surface area contributed by atoms with Crippen molar-refractivity contribution in [1.29, 1.82) is 0 Å². The molecule has 12 heteroatoms. The Kier molecular flexibility index (Phi) is 11.9. The maximum atomic E-state index is 12.1. The summed E-state index contributed by atoms with van der Waals surface area (Å²) in [7, 11) is 0.601. The van der Waals surface area contributed by atoms with Crippen molar-refractivity contribution in [1.82, 2.24) is 4.98 Å². The zero-order chi connectivity index (χ0) is 25.8. The number of hydrogen-bond donors (Lipinski definition) is 2. The molecule has 0 amide bonds. The topological polar surface area (TPSA) is 89.9 Å². The molecule has 2 N–H and O–H groups in total. The van der Waals surface area contributed by atoms with Crippen LogP contribution < -0.4 is 15.5 Å². The highest BCUT2D eigenvalue weighted by Crippen LogP contribution is 2.30. The fourth-order valence-electron chi connectivity index (χ4n) is 2.82. The van der Waals surface area contributed by atoms with Crippen LogP contribution in [0.5, 0.6) is 5.75 Å². The van der Waals surface area contributed by atoms with E-state index in [9.17, 15) is 22.5 Å². The molecule has 2 rings (SSSR count). The zero-order valence-corrected chi connectivity index (χ0v) is 21.4. The van der Waals surface area contributed by atoms with Crippen LogP contribution >= 0.6 is 8.15 Å². The van der Waals surface area contributed by atoms with E-state index in [-0.39, 0.29) is 12.4 Å². The number of benzene rings is 1. The lowest BCUT2D eigenvalue weighted by Gasteiger charge is -2.12. The molecule has 2 atom stereocenters. The Labute approximate surface area is 206 Å². The van der Waals surface area contributed by atoms with Crippen molar-refractivity contribution in [3.05, 3.63) is 47.2 Å². The van der Waals surface area contributed by atoms with Crippen molar-refractivity contribution < 1.29 is 35.9 Å². The number of rotatable bonds is 12. The summed E-state index contributed by atoms with van der Waals surface area (Å²) in [5, 5.41) is 12.7. The van der Waals surface area contributed by atoms with Gasteiger partial charge in [0.05, 0.1) is 44.4 Å². The summed E-state index contributed by atoms with van der Waals surface area (Å²) < 4.78 is 63.2. The molecule has 2 unspecified atom stereocenters. The number of hydrogen-bond acceptors (Lipinski definition) is 7. The smallest absolute Gasteiger partial charge is 0.413 e. The quantitative estimate of drug-likeness (QED) is 0.245. The third-order valence-corrected chi connectivity index (χ3v) is 6.90.